The zero-order valence-electron chi connectivity index (χ0n) is 19.1. The summed E-state index contributed by atoms with van der Waals surface area (Å²) in [5.74, 6) is -1.99. The van der Waals surface area contributed by atoms with Gasteiger partial charge in [-0.15, -0.1) is 0 Å². The highest BCUT2D eigenvalue weighted by atomic mass is 16.4. The van der Waals surface area contributed by atoms with Gasteiger partial charge < -0.3 is 10.4 Å². The lowest BCUT2D eigenvalue weighted by atomic mass is 10.0. The second-order valence-electron chi connectivity index (χ2n) is 8.15. The Morgan fingerprint density at radius 3 is 2.03 bits per heavy atom. The van der Waals surface area contributed by atoms with E-state index in [1.807, 2.05) is 60.7 Å². The molecule has 0 spiro atoms. The molecule has 0 aliphatic carbocycles. The van der Waals surface area contributed by atoms with Crippen molar-refractivity contribution < 1.29 is 19.5 Å². The lowest BCUT2D eigenvalue weighted by molar-refractivity contribution is -0.139. The van der Waals surface area contributed by atoms with Crippen LogP contribution < -0.4 is 10.6 Å². The number of amides is 2. The van der Waals surface area contributed by atoms with E-state index >= 15 is 0 Å². The zero-order valence-corrected chi connectivity index (χ0v) is 19.1. The summed E-state index contributed by atoms with van der Waals surface area (Å²) < 4.78 is 0. The number of carbonyl (C=O) groups excluding carboxylic acids is 2. The van der Waals surface area contributed by atoms with E-state index in [1.165, 1.54) is 5.56 Å². The van der Waals surface area contributed by atoms with Gasteiger partial charge in [-0.05, 0) is 61.1 Å². The fourth-order valence-corrected chi connectivity index (χ4v) is 3.67. The van der Waals surface area contributed by atoms with Crippen LogP contribution in [0.2, 0.25) is 0 Å². The van der Waals surface area contributed by atoms with E-state index < -0.39 is 23.8 Å². The Bertz CT molecular complexity index is 1070. The Hall–Kier alpha value is -3.77. The van der Waals surface area contributed by atoms with Gasteiger partial charge in [0.05, 0.1) is 0 Å². The minimum absolute atomic E-state index is 0.0537. The van der Waals surface area contributed by atoms with Gasteiger partial charge in [-0.3, -0.25) is 19.7 Å². The molecule has 176 valence electrons. The van der Waals surface area contributed by atoms with Gasteiger partial charge in [0.1, 0.15) is 6.04 Å². The maximum absolute atomic E-state index is 12.4. The molecule has 0 aliphatic rings. The molecule has 1 atom stereocenters. The first-order valence-electron chi connectivity index (χ1n) is 11.5. The van der Waals surface area contributed by atoms with Gasteiger partial charge in [0.2, 0.25) is 5.91 Å². The van der Waals surface area contributed by atoms with Crippen molar-refractivity contribution >= 4 is 17.8 Å². The molecule has 0 aromatic heterocycles. The number of nitrogens with one attached hydrogen (secondary N) is 2. The summed E-state index contributed by atoms with van der Waals surface area (Å²) >= 11 is 0. The molecule has 0 saturated carbocycles. The molecule has 6 heteroatoms. The number of rotatable bonds is 12. The molecule has 0 heterocycles. The van der Waals surface area contributed by atoms with Crippen molar-refractivity contribution in [2.45, 2.75) is 38.1 Å². The molecule has 0 fully saturated rings. The summed E-state index contributed by atoms with van der Waals surface area (Å²) in [5, 5.41) is 14.8. The fraction of sp³-hybridized carbons (Fsp3) is 0.250. The lowest BCUT2D eigenvalue weighted by Crippen LogP contribution is -2.39. The van der Waals surface area contributed by atoms with Crippen molar-refractivity contribution in [3.8, 4) is 11.1 Å². The van der Waals surface area contributed by atoms with Crippen molar-refractivity contribution in [1.29, 1.82) is 0 Å². The van der Waals surface area contributed by atoms with Gasteiger partial charge >= 0.3 is 5.97 Å². The van der Waals surface area contributed by atoms with Crippen LogP contribution in [-0.2, 0) is 16.0 Å². The van der Waals surface area contributed by atoms with Gasteiger partial charge in [-0.2, -0.15) is 0 Å². The average molecular weight is 459 g/mol. The van der Waals surface area contributed by atoms with Crippen LogP contribution >= 0.6 is 0 Å². The fourth-order valence-electron chi connectivity index (χ4n) is 3.67. The van der Waals surface area contributed by atoms with Crippen LogP contribution in [0.15, 0.2) is 84.9 Å². The first-order chi connectivity index (χ1) is 16.5. The number of hydrogen-bond acceptors (Lipinski definition) is 4. The molecule has 3 aromatic carbocycles. The first-order valence-corrected chi connectivity index (χ1v) is 11.5. The molecule has 0 bridgehead atoms. The molecule has 3 rings (SSSR count). The van der Waals surface area contributed by atoms with E-state index in [0.29, 0.717) is 12.1 Å². The van der Waals surface area contributed by atoms with E-state index in [0.717, 1.165) is 30.4 Å². The molecule has 0 unspecified atom stereocenters. The SMILES string of the molecule is O=C(CC[C@H](NCCCCc1ccccc1)C(=O)O)NC(=O)c1ccc(-c2ccccc2)cc1. The minimum Gasteiger partial charge on any atom is -0.480 e. The zero-order chi connectivity index (χ0) is 24.2. The van der Waals surface area contributed by atoms with E-state index in [2.05, 4.69) is 22.8 Å². The lowest BCUT2D eigenvalue weighted by Gasteiger charge is -2.14. The predicted octanol–water partition coefficient (Wildman–Crippen LogP) is 4.46. The Morgan fingerprint density at radius 2 is 1.38 bits per heavy atom. The molecule has 34 heavy (non-hydrogen) atoms. The van der Waals surface area contributed by atoms with Crippen LogP contribution in [0.1, 0.15) is 41.6 Å². The normalized spacial score (nSPS) is 11.5. The summed E-state index contributed by atoms with van der Waals surface area (Å²) in [5.41, 5.74) is 3.65. The summed E-state index contributed by atoms with van der Waals surface area (Å²) in [6.45, 7) is 0.554. The van der Waals surface area contributed by atoms with Crippen LogP contribution in [0.25, 0.3) is 11.1 Å². The molecule has 0 aliphatic heterocycles. The van der Waals surface area contributed by atoms with Crippen LogP contribution in [-0.4, -0.2) is 35.5 Å². The molecular weight excluding hydrogens is 428 g/mol. The second kappa shape index (κ2) is 13.1. The number of unbranched alkanes of at least 4 members (excludes halogenated alkanes) is 1. The Kier molecular flexibility index (Phi) is 9.55. The molecule has 0 radical (unpaired) electrons. The van der Waals surface area contributed by atoms with Crippen LogP contribution in [0, 0.1) is 0 Å². The number of imide groups is 1. The van der Waals surface area contributed by atoms with Gasteiger partial charge in [-0.25, -0.2) is 0 Å². The van der Waals surface area contributed by atoms with Crippen molar-refractivity contribution in [2.24, 2.45) is 0 Å². The van der Waals surface area contributed by atoms with Gasteiger partial charge in [0.15, 0.2) is 0 Å². The predicted molar refractivity (Wildman–Crippen MR) is 132 cm³/mol. The summed E-state index contributed by atoms with van der Waals surface area (Å²) in [7, 11) is 0. The average Bonchev–Trinajstić information content (AvgIpc) is 2.86. The van der Waals surface area contributed by atoms with E-state index in [9.17, 15) is 19.5 Å². The van der Waals surface area contributed by atoms with Crippen LogP contribution in [0.5, 0.6) is 0 Å². The highest BCUT2D eigenvalue weighted by molar-refractivity contribution is 6.04. The van der Waals surface area contributed by atoms with E-state index in [1.54, 1.807) is 12.1 Å². The Balaban J connectivity index is 1.39. The monoisotopic (exact) mass is 458 g/mol. The Labute approximate surface area is 200 Å². The maximum Gasteiger partial charge on any atom is 0.320 e. The van der Waals surface area contributed by atoms with Crippen molar-refractivity contribution in [1.82, 2.24) is 10.6 Å². The number of aliphatic carboxylic acids is 1. The van der Waals surface area contributed by atoms with Crippen molar-refractivity contribution in [3.63, 3.8) is 0 Å². The number of carbonyl (C=O) groups is 3. The van der Waals surface area contributed by atoms with Crippen molar-refractivity contribution in [3.05, 3.63) is 96.1 Å². The van der Waals surface area contributed by atoms with Crippen molar-refractivity contribution in [2.75, 3.05) is 6.54 Å². The number of benzene rings is 3. The standard InChI is InChI=1S/C28H30N2O4/c31-26(30-27(32)24-16-14-23(15-17-24)22-12-5-2-6-13-22)19-18-25(28(33)34)29-20-8-7-11-21-9-3-1-4-10-21/h1-6,9-10,12-17,25,29H,7-8,11,18-20H2,(H,33,34)(H,30,31,32)/t25-/m0/s1. The largest absolute Gasteiger partial charge is 0.480 e. The van der Waals surface area contributed by atoms with Gasteiger partial charge in [0, 0.05) is 12.0 Å². The smallest absolute Gasteiger partial charge is 0.320 e. The number of hydrogen-bond donors (Lipinski definition) is 3. The number of carboxylic acids is 1. The quantitative estimate of drug-likeness (QED) is 0.349. The third kappa shape index (κ3) is 7.98. The summed E-state index contributed by atoms with van der Waals surface area (Å²) in [6, 6.07) is 26.1. The topological polar surface area (TPSA) is 95.5 Å². The van der Waals surface area contributed by atoms with Crippen LogP contribution in [0.3, 0.4) is 0 Å². The molecular formula is C28H30N2O4. The highest BCUT2D eigenvalue weighted by Crippen LogP contribution is 2.19. The molecule has 6 nitrogen and oxygen atoms in total. The van der Waals surface area contributed by atoms with Gasteiger partial charge in [-0.1, -0.05) is 72.8 Å². The summed E-state index contributed by atoms with van der Waals surface area (Å²) in [4.78, 5) is 36.1. The van der Waals surface area contributed by atoms with Gasteiger partial charge in [0.25, 0.3) is 5.91 Å². The third-order valence-corrected chi connectivity index (χ3v) is 5.59. The molecule has 3 N–H and O–H groups in total. The second-order valence-corrected chi connectivity index (χ2v) is 8.15. The van der Waals surface area contributed by atoms with E-state index in [-0.39, 0.29) is 12.8 Å². The molecule has 2 amide bonds. The number of aryl methyl sites for hydroxylation is 1. The highest BCUT2D eigenvalue weighted by Gasteiger charge is 2.19. The third-order valence-electron chi connectivity index (χ3n) is 5.59. The Morgan fingerprint density at radius 1 is 0.765 bits per heavy atom. The first kappa shape index (κ1) is 24.9. The summed E-state index contributed by atoms with van der Waals surface area (Å²) in [6.07, 6.45) is 2.78. The maximum atomic E-state index is 12.4. The minimum atomic E-state index is -1.00. The molecule has 3 aromatic rings. The molecule has 0 saturated heterocycles. The van der Waals surface area contributed by atoms with Crippen LogP contribution in [0.4, 0.5) is 0 Å². The number of carboxylic acid groups (broad SMARTS) is 1. The van der Waals surface area contributed by atoms with E-state index in [4.69, 9.17) is 0 Å².